The smallest absolute Gasteiger partial charge is 0.328 e. The van der Waals surface area contributed by atoms with Gasteiger partial charge in [-0.1, -0.05) is 19.1 Å². The molecule has 0 spiro atoms. The van der Waals surface area contributed by atoms with Crippen molar-refractivity contribution in [2.24, 2.45) is 0 Å². The molecule has 126 valence electrons. The molecule has 2 heterocycles. The molecule has 0 aliphatic rings. The molecule has 1 atom stereocenters. The summed E-state index contributed by atoms with van der Waals surface area (Å²) in [5.41, 5.74) is 6.41. The average Bonchev–Trinajstić information content (AvgIpc) is 2.86. The van der Waals surface area contributed by atoms with Crippen LogP contribution in [0.2, 0.25) is 0 Å². The zero-order valence-corrected chi connectivity index (χ0v) is 13.6. The van der Waals surface area contributed by atoms with Crippen molar-refractivity contribution in [3.63, 3.8) is 0 Å². The van der Waals surface area contributed by atoms with E-state index in [9.17, 15) is 13.4 Å². The standard InChI is InChI=1S/C14H15FN6O2S/c1-2-24(17,23)13-19-11(16)10-12(20-13)21(14(22)18-10)7-8-3-5-9(15)6-4-8/h3-6,17H,2,7H2,1H3,(H,18,22)(H2,16,19,20). The number of nitrogens with zero attached hydrogens (tertiary/aromatic N) is 3. The molecule has 3 rings (SSSR count). The lowest BCUT2D eigenvalue weighted by Crippen LogP contribution is -2.18. The number of hydrogen-bond acceptors (Lipinski definition) is 6. The highest BCUT2D eigenvalue weighted by Gasteiger charge is 2.19. The average molecular weight is 350 g/mol. The van der Waals surface area contributed by atoms with Gasteiger partial charge >= 0.3 is 5.69 Å². The van der Waals surface area contributed by atoms with Crippen LogP contribution in [0.25, 0.3) is 11.2 Å². The van der Waals surface area contributed by atoms with Gasteiger partial charge in [0.2, 0.25) is 5.16 Å². The van der Waals surface area contributed by atoms with E-state index in [1.807, 2.05) is 0 Å². The highest BCUT2D eigenvalue weighted by atomic mass is 32.2. The first-order chi connectivity index (χ1) is 11.3. The van der Waals surface area contributed by atoms with Crippen LogP contribution in [-0.2, 0) is 16.3 Å². The quantitative estimate of drug-likeness (QED) is 0.611. The summed E-state index contributed by atoms with van der Waals surface area (Å²) in [4.78, 5) is 22.7. The fourth-order valence-corrected chi connectivity index (χ4v) is 2.96. The number of nitrogens with one attached hydrogen (secondary N) is 2. The second kappa shape index (κ2) is 5.71. The molecule has 0 radical (unpaired) electrons. The molecule has 3 aromatic rings. The maximum absolute atomic E-state index is 13.0. The summed E-state index contributed by atoms with van der Waals surface area (Å²) in [6, 6.07) is 5.67. The van der Waals surface area contributed by atoms with Crippen molar-refractivity contribution in [2.45, 2.75) is 18.6 Å². The van der Waals surface area contributed by atoms with Crippen LogP contribution >= 0.6 is 0 Å². The van der Waals surface area contributed by atoms with Gasteiger partial charge in [-0.2, -0.15) is 4.98 Å². The molecular formula is C14H15FN6O2S. The normalized spacial score (nSPS) is 13.9. The van der Waals surface area contributed by atoms with E-state index in [0.717, 1.165) is 0 Å². The largest absolute Gasteiger partial charge is 0.382 e. The van der Waals surface area contributed by atoms with Gasteiger partial charge in [-0.3, -0.25) is 4.57 Å². The van der Waals surface area contributed by atoms with Gasteiger partial charge in [0.15, 0.2) is 11.5 Å². The van der Waals surface area contributed by atoms with Crippen LogP contribution in [0.15, 0.2) is 34.2 Å². The molecule has 0 aliphatic heterocycles. The Morgan fingerprint density at radius 3 is 2.62 bits per heavy atom. The van der Waals surface area contributed by atoms with Crippen LogP contribution in [0, 0.1) is 10.6 Å². The highest BCUT2D eigenvalue weighted by molar-refractivity contribution is 7.92. The molecule has 2 aromatic heterocycles. The molecule has 0 bridgehead atoms. The van der Waals surface area contributed by atoms with E-state index >= 15 is 0 Å². The minimum Gasteiger partial charge on any atom is -0.382 e. The number of rotatable bonds is 4. The third-order valence-corrected chi connectivity index (χ3v) is 5.17. The van der Waals surface area contributed by atoms with Crippen molar-refractivity contribution >= 4 is 26.7 Å². The summed E-state index contributed by atoms with van der Waals surface area (Å²) in [7, 11) is -3.18. The maximum atomic E-state index is 13.0. The predicted molar refractivity (Wildman–Crippen MR) is 87.7 cm³/mol. The molecule has 0 fully saturated rings. The van der Waals surface area contributed by atoms with Gasteiger partial charge in [0.05, 0.1) is 6.54 Å². The highest BCUT2D eigenvalue weighted by Crippen LogP contribution is 2.18. The Morgan fingerprint density at radius 2 is 2.00 bits per heavy atom. The van der Waals surface area contributed by atoms with Crippen LogP contribution in [0.3, 0.4) is 0 Å². The monoisotopic (exact) mass is 350 g/mol. The Balaban J connectivity index is 2.19. The van der Waals surface area contributed by atoms with Gasteiger partial charge in [0, 0.05) is 5.75 Å². The SMILES string of the molecule is CCS(=N)(=O)c1nc(N)c2[nH]c(=O)n(Cc3ccc(F)cc3)c2n1. The molecule has 10 heteroatoms. The molecule has 0 saturated heterocycles. The Hall–Kier alpha value is -2.75. The number of nitrogen functional groups attached to an aromatic ring is 1. The fraction of sp³-hybridized carbons (Fsp3) is 0.214. The van der Waals surface area contributed by atoms with Crippen molar-refractivity contribution in [1.82, 2.24) is 19.5 Å². The lowest BCUT2D eigenvalue weighted by molar-refractivity contribution is 0.626. The number of fused-ring (bicyclic) bond motifs is 1. The van der Waals surface area contributed by atoms with Crippen molar-refractivity contribution in [2.75, 3.05) is 11.5 Å². The Bertz CT molecular complexity index is 1070. The van der Waals surface area contributed by atoms with Gasteiger partial charge in [-0.05, 0) is 17.7 Å². The lowest BCUT2D eigenvalue weighted by atomic mass is 10.2. The third-order valence-electron chi connectivity index (χ3n) is 3.59. The second-order valence-corrected chi connectivity index (χ2v) is 7.49. The Morgan fingerprint density at radius 1 is 1.33 bits per heavy atom. The minimum absolute atomic E-state index is 0.0323. The summed E-state index contributed by atoms with van der Waals surface area (Å²) in [6.45, 7) is 1.71. The number of hydrogen-bond donors (Lipinski definition) is 3. The molecule has 0 aliphatic carbocycles. The van der Waals surface area contributed by atoms with E-state index in [0.29, 0.717) is 5.56 Å². The number of nitrogens with two attached hydrogens (primary N) is 1. The van der Waals surface area contributed by atoms with Crippen molar-refractivity contribution in [3.8, 4) is 0 Å². The number of aromatic amines is 1. The fourth-order valence-electron chi connectivity index (χ4n) is 2.23. The van der Waals surface area contributed by atoms with E-state index in [2.05, 4.69) is 15.0 Å². The Kier molecular flexibility index (Phi) is 3.84. The molecule has 4 N–H and O–H groups in total. The first-order valence-corrected chi connectivity index (χ1v) is 8.81. The lowest BCUT2D eigenvalue weighted by Gasteiger charge is -2.07. The number of H-pyrrole nitrogens is 1. The van der Waals surface area contributed by atoms with E-state index in [-0.39, 0.29) is 40.3 Å². The first kappa shape index (κ1) is 16.1. The zero-order chi connectivity index (χ0) is 17.5. The number of anilines is 1. The molecule has 8 nitrogen and oxygen atoms in total. The molecule has 24 heavy (non-hydrogen) atoms. The predicted octanol–water partition coefficient (Wildman–Crippen LogP) is 1.31. The van der Waals surface area contributed by atoms with E-state index < -0.39 is 15.4 Å². The molecule has 1 unspecified atom stereocenters. The number of halogens is 1. The molecule has 0 saturated carbocycles. The second-order valence-electron chi connectivity index (χ2n) is 5.20. The van der Waals surface area contributed by atoms with Crippen molar-refractivity contribution in [1.29, 1.82) is 4.78 Å². The van der Waals surface area contributed by atoms with Crippen LogP contribution in [0.5, 0.6) is 0 Å². The van der Waals surface area contributed by atoms with Crippen LogP contribution in [0.1, 0.15) is 12.5 Å². The summed E-state index contributed by atoms with van der Waals surface area (Å²) < 4.78 is 34.3. The van der Waals surface area contributed by atoms with Crippen LogP contribution < -0.4 is 11.4 Å². The van der Waals surface area contributed by atoms with Gasteiger partial charge < -0.3 is 10.7 Å². The van der Waals surface area contributed by atoms with Gasteiger partial charge in [0.1, 0.15) is 21.1 Å². The molecule has 1 aromatic carbocycles. The maximum Gasteiger partial charge on any atom is 0.328 e. The summed E-state index contributed by atoms with van der Waals surface area (Å²) in [5, 5.41) is -0.207. The minimum atomic E-state index is -3.18. The number of imidazole rings is 1. The van der Waals surface area contributed by atoms with E-state index in [1.165, 1.54) is 16.7 Å². The van der Waals surface area contributed by atoms with Gasteiger partial charge in [-0.15, -0.1) is 0 Å². The van der Waals surface area contributed by atoms with Crippen LogP contribution in [0.4, 0.5) is 10.2 Å². The first-order valence-electron chi connectivity index (χ1n) is 7.09. The summed E-state index contributed by atoms with van der Waals surface area (Å²) >= 11 is 0. The molecular weight excluding hydrogens is 335 g/mol. The third kappa shape index (κ3) is 2.75. The summed E-state index contributed by atoms with van der Waals surface area (Å²) in [5.74, 6) is -0.390. The van der Waals surface area contributed by atoms with E-state index in [1.54, 1.807) is 19.1 Å². The topological polar surface area (TPSA) is 131 Å². The van der Waals surface area contributed by atoms with E-state index in [4.69, 9.17) is 10.5 Å². The summed E-state index contributed by atoms with van der Waals surface area (Å²) in [6.07, 6.45) is 0. The Labute approximate surface area is 136 Å². The molecule has 0 amide bonds. The van der Waals surface area contributed by atoms with Gasteiger partial charge in [0.25, 0.3) is 0 Å². The van der Waals surface area contributed by atoms with Crippen LogP contribution in [-0.4, -0.2) is 29.5 Å². The number of aromatic nitrogens is 4. The van der Waals surface area contributed by atoms with Gasteiger partial charge in [-0.25, -0.2) is 23.2 Å². The zero-order valence-electron chi connectivity index (χ0n) is 12.7. The number of benzene rings is 1. The van der Waals surface area contributed by atoms with Crippen molar-refractivity contribution in [3.05, 3.63) is 46.1 Å². The van der Waals surface area contributed by atoms with Crippen molar-refractivity contribution < 1.29 is 8.60 Å².